The first kappa shape index (κ1) is 19.3. The fourth-order valence-corrected chi connectivity index (χ4v) is 3.41. The molecule has 140 valence electrons. The van der Waals surface area contributed by atoms with Gasteiger partial charge in [-0.15, -0.1) is 11.3 Å². The molecule has 0 unspecified atom stereocenters. The Hall–Kier alpha value is -2.42. The van der Waals surface area contributed by atoms with Gasteiger partial charge in [0.15, 0.2) is 10.9 Å². The number of halogens is 1. The molecule has 1 amide bonds. The Kier molecular flexibility index (Phi) is 6.44. The molecule has 0 aliphatic carbocycles. The van der Waals surface area contributed by atoms with Gasteiger partial charge in [0.25, 0.3) is 5.91 Å². The number of benzene rings is 1. The average Bonchev–Trinajstić information content (AvgIpc) is 3.31. The summed E-state index contributed by atoms with van der Waals surface area (Å²) in [7, 11) is 0. The molecule has 1 aromatic carbocycles. The predicted molar refractivity (Wildman–Crippen MR) is 113 cm³/mol. The van der Waals surface area contributed by atoms with E-state index in [1.165, 1.54) is 0 Å². The first-order valence-electron chi connectivity index (χ1n) is 8.26. The Morgan fingerprint density at radius 2 is 2.04 bits per heavy atom. The summed E-state index contributed by atoms with van der Waals surface area (Å²) in [5.41, 5.74) is 6.96. The molecule has 3 aromatic rings. The lowest BCUT2D eigenvalue weighted by Crippen LogP contribution is -2.43. The minimum atomic E-state index is -0.233. The second-order valence-electron chi connectivity index (χ2n) is 5.71. The maximum Gasteiger partial charge on any atom is 0.270 e. The van der Waals surface area contributed by atoms with Crippen LogP contribution in [0.4, 0.5) is 5.82 Å². The number of anilines is 1. The molecule has 2 aromatic heterocycles. The van der Waals surface area contributed by atoms with Gasteiger partial charge in [0.05, 0.1) is 12.1 Å². The first-order chi connectivity index (χ1) is 13.0. The molecule has 0 spiro atoms. The molecule has 0 bridgehead atoms. The quantitative estimate of drug-likeness (QED) is 0.433. The largest absolute Gasteiger partial charge is 0.315 e. The lowest BCUT2D eigenvalue weighted by Gasteiger charge is -2.09. The zero-order valence-electron chi connectivity index (χ0n) is 14.5. The third-order valence-electron chi connectivity index (χ3n) is 3.69. The molecule has 3 rings (SSSR count). The number of amides is 1. The summed E-state index contributed by atoms with van der Waals surface area (Å²) in [5.74, 6) is 0.350. The molecule has 0 radical (unpaired) electrons. The molecule has 0 aliphatic rings. The Labute approximate surface area is 171 Å². The van der Waals surface area contributed by atoms with Crippen molar-refractivity contribution in [1.29, 1.82) is 0 Å². The van der Waals surface area contributed by atoms with Crippen LogP contribution >= 0.6 is 35.2 Å². The van der Waals surface area contributed by atoms with Crippen LogP contribution in [-0.2, 0) is 13.0 Å². The lowest BCUT2D eigenvalue weighted by molar-refractivity contribution is 0.0944. The normalized spacial score (nSPS) is 10.4. The van der Waals surface area contributed by atoms with E-state index < -0.39 is 0 Å². The number of hydrogen-bond acceptors (Lipinski definition) is 4. The first-order valence-corrected chi connectivity index (χ1v) is 9.92. The Bertz CT molecular complexity index is 935. The van der Waals surface area contributed by atoms with Crippen molar-refractivity contribution in [2.24, 2.45) is 0 Å². The smallest absolute Gasteiger partial charge is 0.270 e. The standard InChI is InChI=1S/C18H18ClN5OS2/c1-2-15-9-13(11-27-15)17(25)21-22-18(26)20-16-7-8-24(23-16)10-12-3-5-14(19)6-4-12/h3-9,11H,2,10H2,1H3,(H,21,25)(H2,20,22,23,26). The Morgan fingerprint density at radius 3 is 2.74 bits per heavy atom. The zero-order valence-corrected chi connectivity index (χ0v) is 16.9. The number of thiocarbonyl (C=S) groups is 1. The number of nitrogens with one attached hydrogen (secondary N) is 3. The SMILES string of the molecule is CCc1cc(C(=O)NNC(=S)Nc2ccn(Cc3ccc(Cl)cc3)n2)cs1. The van der Waals surface area contributed by atoms with Gasteiger partial charge in [0.1, 0.15) is 0 Å². The van der Waals surface area contributed by atoms with Crippen molar-refractivity contribution in [3.63, 3.8) is 0 Å². The van der Waals surface area contributed by atoms with Gasteiger partial charge in [0.2, 0.25) is 0 Å². The number of carbonyl (C=O) groups excluding carboxylic acids is 1. The van der Waals surface area contributed by atoms with Crippen molar-refractivity contribution in [3.05, 3.63) is 69.0 Å². The number of thiophene rings is 1. The van der Waals surface area contributed by atoms with Gasteiger partial charge in [-0.3, -0.25) is 20.3 Å². The summed E-state index contributed by atoms with van der Waals surface area (Å²) in [6.07, 6.45) is 2.75. The van der Waals surface area contributed by atoms with Crippen LogP contribution in [0, 0.1) is 0 Å². The third kappa shape index (κ3) is 5.53. The highest BCUT2D eigenvalue weighted by atomic mass is 35.5. The number of hydrazine groups is 1. The molecule has 2 heterocycles. The monoisotopic (exact) mass is 419 g/mol. The molecule has 9 heteroatoms. The maximum absolute atomic E-state index is 12.1. The molecule has 0 fully saturated rings. The van der Waals surface area contributed by atoms with Crippen LogP contribution in [-0.4, -0.2) is 20.8 Å². The number of rotatable bonds is 5. The van der Waals surface area contributed by atoms with Gasteiger partial charge in [0, 0.05) is 27.5 Å². The van der Waals surface area contributed by atoms with Crippen LogP contribution in [0.25, 0.3) is 0 Å². The third-order valence-corrected chi connectivity index (χ3v) is 5.23. The van der Waals surface area contributed by atoms with Crippen LogP contribution in [0.3, 0.4) is 0 Å². The molecule has 0 aliphatic heterocycles. The minimum Gasteiger partial charge on any atom is -0.315 e. The molecule has 3 N–H and O–H groups in total. The molecular formula is C18H18ClN5OS2. The Balaban J connectivity index is 1.48. The van der Waals surface area contributed by atoms with E-state index in [-0.39, 0.29) is 11.0 Å². The van der Waals surface area contributed by atoms with Gasteiger partial charge in [-0.05, 0) is 42.4 Å². The van der Waals surface area contributed by atoms with Crippen LogP contribution in [0.15, 0.2) is 48.0 Å². The average molecular weight is 420 g/mol. The summed E-state index contributed by atoms with van der Waals surface area (Å²) >= 11 is 12.6. The van der Waals surface area contributed by atoms with Crippen LogP contribution < -0.4 is 16.2 Å². The van der Waals surface area contributed by atoms with E-state index >= 15 is 0 Å². The highest BCUT2D eigenvalue weighted by Crippen LogP contribution is 2.15. The topological polar surface area (TPSA) is 71.0 Å². The lowest BCUT2D eigenvalue weighted by atomic mass is 10.2. The van der Waals surface area contributed by atoms with Crippen molar-refractivity contribution >= 4 is 52.0 Å². The summed E-state index contributed by atoms with van der Waals surface area (Å²) < 4.78 is 1.78. The van der Waals surface area contributed by atoms with Crippen molar-refractivity contribution in [2.45, 2.75) is 19.9 Å². The van der Waals surface area contributed by atoms with Crippen molar-refractivity contribution in [1.82, 2.24) is 20.6 Å². The fourth-order valence-electron chi connectivity index (χ4n) is 2.31. The Morgan fingerprint density at radius 1 is 1.26 bits per heavy atom. The number of hydrogen-bond donors (Lipinski definition) is 3. The molecule has 6 nitrogen and oxygen atoms in total. The molecule has 0 saturated carbocycles. The van der Waals surface area contributed by atoms with E-state index in [1.54, 1.807) is 22.1 Å². The molecule has 0 saturated heterocycles. The number of carbonyl (C=O) groups is 1. The highest BCUT2D eigenvalue weighted by Gasteiger charge is 2.09. The van der Waals surface area contributed by atoms with Crippen molar-refractivity contribution < 1.29 is 4.79 Å². The second kappa shape index (κ2) is 8.98. The second-order valence-corrected chi connectivity index (χ2v) is 7.55. The van der Waals surface area contributed by atoms with E-state index in [4.69, 9.17) is 23.8 Å². The van der Waals surface area contributed by atoms with Gasteiger partial charge in [-0.2, -0.15) is 5.10 Å². The van der Waals surface area contributed by atoms with Crippen LogP contribution in [0.5, 0.6) is 0 Å². The number of aromatic nitrogens is 2. The van der Waals surface area contributed by atoms with Gasteiger partial charge in [-0.25, -0.2) is 0 Å². The van der Waals surface area contributed by atoms with Gasteiger partial charge < -0.3 is 5.32 Å². The summed E-state index contributed by atoms with van der Waals surface area (Å²) in [5, 5.41) is 10.1. The van der Waals surface area contributed by atoms with Crippen molar-refractivity contribution in [3.8, 4) is 0 Å². The summed E-state index contributed by atoms with van der Waals surface area (Å²) in [6, 6.07) is 11.3. The van der Waals surface area contributed by atoms with E-state index in [2.05, 4.69) is 28.2 Å². The van der Waals surface area contributed by atoms with Crippen LogP contribution in [0.2, 0.25) is 5.02 Å². The maximum atomic E-state index is 12.1. The predicted octanol–water partition coefficient (Wildman–Crippen LogP) is 3.84. The molecule has 0 atom stereocenters. The number of nitrogens with zero attached hydrogens (tertiary/aromatic N) is 2. The number of aryl methyl sites for hydroxylation is 1. The fraction of sp³-hybridized carbons (Fsp3) is 0.167. The highest BCUT2D eigenvalue weighted by molar-refractivity contribution is 7.80. The van der Waals surface area contributed by atoms with Crippen LogP contribution in [0.1, 0.15) is 27.7 Å². The van der Waals surface area contributed by atoms with Crippen molar-refractivity contribution in [2.75, 3.05) is 5.32 Å². The van der Waals surface area contributed by atoms with E-state index in [1.807, 2.05) is 41.9 Å². The van der Waals surface area contributed by atoms with E-state index in [0.717, 1.165) is 16.9 Å². The van der Waals surface area contributed by atoms with Gasteiger partial charge >= 0.3 is 0 Å². The molecule has 27 heavy (non-hydrogen) atoms. The van der Waals surface area contributed by atoms with Gasteiger partial charge in [-0.1, -0.05) is 30.7 Å². The molecular weight excluding hydrogens is 402 g/mol. The summed E-state index contributed by atoms with van der Waals surface area (Å²) in [6.45, 7) is 2.67. The van der Waals surface area contributed by atoms with E-state index in [0.29, 0.717) is 22.9 Å². The summed E-state index contributed by atoms with van der Waals surface area (Å²) in [4.78, 5) is 13.2. The minimum absolute atomic E-state index is 0.233. The zero-order chi connectivity index (χ0) is 19.2. The van der Waals surface area contributed by atoms with E-state index in [9.17, 15) is 4.79 Å².